The van der Waals surface area contributed by atoms with Crippen LogP contribution in [0.3, 0.4) is 0 Å². The SMILES string of the molecule is O=C(C1CC1)N1CCCC(C(=O)N2CCOC3(CCCCCC3)C2)C1. The van der Waals surface area contributed by atoms with E-state index in [2.05, 4.69) is 4.90 Å². The summed E-state index contributed by atoms with van der Waals surface area (Å²) in [6.45, 7) is 3.63. The number of ether oxygens (including phenoxy) is 1. The molecule has 2 heterocycles. The first-order chi connectivity index (χ1) is 12.2. The van der Waals surface area contributed by atoms with Crippen LogP contribution < -0.4 is 0 Å². The zero-order valence-electron chi connectivity index (χ0n) is 15.4. The molecule has 4 aliphatic rings. The van der Waals surface area contributed by atoms with Gasteiger partial charge in [-0.25, -0.2) is 0 Å². The van der Waals surface area contributed by atoms with Gasteiger partial charge in [0.2, 0.25) is 11.8 Å². The molecule has 4 rings (SSSR count). The minimum Gasteiger partial charge on any atom is -0.371 e. The average molecular weight is 348 g/mol. The van der Waals surface area contributed by atoms with Gasteiger partial charge in [0.25, 0.3) is 0 Å². The smallest absolute Gasteiger partial charge is 0.227 e. The van der Waals surface area contributed by atoms with Crippen molar-refractivity contribution in [1.29, 1.82) is 0 Å². The predicted octanol–water partition coefficient (Wildman–Crippen LogP) is 2.59. The molecule has 2 saturated carbocycles. The Morgan fingerprint density at radius 3 is 2.24 bits per heavy atom. The highest BCUT2D eigenvalue weighted by atomic mass is 16.5. The third kappa shape index (κ3) is 3.86. The van der Waals surface area contributed by atoms with Crippen LogP contribution in [0.1, 0.15) is 64.2 Å². The van der Waals surface area contributed by atoms with Crippen LogP contribution in [0.2, 0.25) is 0 Å². The fraction of sp³-hybridized carbons (Fsp3) is 0.900. The van der Waals surface area contributed by atoms with Gasteiger partial charge < -0.3 is 14.5 Å². The minimum atomic E-state index is -0.0946. The van der Waals surface area contributed by atoms with E-state index in [4.69, 9.17) is 4.74 Å². The second-order valence-corrected chi connectivity index (χ2v) is 8.60. The first-order valence-electron chi connectivity index (χ1n) is 10.4. The summed E-state index contributed by atoms with van der Waals surface area (Å²) in [5, 5.41) is 0. The number of carbonyl (C=O) groups excluding carboxylic acids is 2. The van der Waals surface area contributed by atoms with Gasteiger partial charge in [-0.3, -0.25) is 9.59 Å². The first-order valence-corrected chi connectivity index (χ1v) is 10.4. The molecule has 0 bridgehead atoms. The highest BCUT2D eigenvalue weighted by Crippen LogP contribution is 2.35. The summed E-state index contributed by atoms with van der Waals surface area (Å²) in [5.41, 5.74) is -0.0946. The largest absolute Gasteiger partial charge is 0.371 e. The standard InChI is InChI=1S/C20H32N2O3/c23-18(16-7-8-16)21-11-5-6-17(14-21)19(24)22-12-13-25-20(15-22)9-3-1-2-4-10-20/h16-17H,1-15H2. The number of likely N-dealkylation sites (tertiary alicyclic amines) is 1. The van der Waals surface area contributed by atoms with E-state index in [0.717, 1.165) is 51.6 Å². The zero-order valence-corrected chi connectivity index (χ0v) is 15.4. The molecule has 140 valence electrons. The van der Waals surface area contributed by atoms with Crippen molar-refractivity contribution in [2.75, 3.05) is 32.8 Å². The van der Waals surface area contributed by atoms with Crippen molar-refractivity contribution in [1.82, 2.24) is 9.80 Å². The number of nitrogens with zero attached hydrogens (tertiary/aromatic N) is 2. The Kier molecular flexibility index (Phi) is 5.03. The summed E-state index contributed by atoms with van der Waals surface area (Å²) in [6, 6.07) is 0. The Morgan fingerprint density at radius 1 is 0.800 bits per heavy atom. The van der Waals surface area contributed by atoms with Crippen LogP contribution >= 0.6 is 0 Å². The summed E-state index contributed by atoms with van der Waals surface area (Å²) in [7, 11) is 0. The molecule has 25 heavy (non-hydrogen) atoms. The van der Waals surface area contributed by atoms with Crippen LogP contribution in [-0.4, -0.2) is 60.0 Å². The Labute approximate surface area is 151 Å². The molecule has 0 radical (unpaired) electrons. The maximum absolute atomic E-state index is 13.2. The van der Waals surface area contributed by atoms with E-state index < -0.39 is 0 Å². The molecule has 0 aromatic rings. The van der Waals surface area contributed by atoms with E-state index in [0.29, 0.717) is 25.6 Å². The Balaban J connectivity index is 1.38. The Morgan fingerprint density at radius 2 is 1.52 bits per heavy atom. The third-order valence-corrected chi connectivity index (χ3v) is 6.58. The molecule has 0 aromatic carbocycles. The maximum atomic E-state index is 13.2. The zero-order chi connectivity index (χ0) is 17.3. The lowest BCUT2D eigenvalue weighted by Crippen LogP contribution is -2.56. The second-order valence-electron chi connectivity index (χ2n) is 8.60. The molecule has 2 amide bonds. The molecular weight excluding hydrogens is 316 g/mol. The number of amides is 2. The van der Waals surface area contributed by atoms with E-state index >= 15 is 0 Å². The fourth-order valence-electron chi connectivity index (χ4n) is 4.93. The molecule has 2 saturated heterocycles. The molecule has 0 aromatic heterocycles. The number of hydrogen-bond acceptors (Lipinski definition) is 3. The van der Waals surface area contributed by atoms with Gasteiger partial charge in [-0.15, -0.1) is 0 Å². The number of piperidine rings is 1. The molecule has 2 aliphatic heterocycles. The van der Waals surface area contributed by atoms with Crippen molar-refractivity contribution in [2.24, 2.45) is 11.8 Å². The van der Waals surface area contributed by atoms with E-state index in [9.17, 15) is 9.59 Å². The van der Waals surface area contributed by atoms with Crippen LogP contribution in [0.4, 0.5) is 0 Å². The number of rotatable bonds is 2. The van der Waals surface area contributed by atoms with Gasteiger partial charge in [0.1, 0.15) is 0 Å². The van der Waals surface area contributed by atoms with Crippen LogP contribution in [-0.2, 0) is 14.3 Å². The molecule has 5 heteroatoms. The molecule has 4 fully saturated rings. The van der Waals surface area contributed by atoms with E-state index in [1.807, 2.05) is 4.90 Å². The van der Waals surface area contributed by atoms with Crippen LogP contribution in [0.15, 0.2) is 0 Å². The molecule has 2 aliphatic carbocycles. The summed E-state index contributed by atoms with van der Waals surface area (Å²) >= 11 is 0. The van der Waals surface area contributed by atoms with Gasteiger partial charge in [-0.05, 0) is 38.5 Å². The van der Waals surface area contributed by atoms with Gasteiger partial charge >= 0.3 is 0 Å². The summed E-state index contributed by atoms with van der Waals surface area (Å²) in [4.78, 5) is 29.5. The van der Waals surface area contributed by atoms with Gasteiger partial charge in [0.15, 0.2) is 0 Å². The van der Waals surface area contributed by atoms with Crippen LogP contribution in [0, 0.1) is 11.8 Å². The lowest BCUT2D eigenvalue weighted by Gasteiger charge is -2.44. The van der Waals surface area contributed by atoms with Crippen LogP contribution in [0.5, 0.6) is 0 Å². The molecule has 1 atom stereocenters. The van der Waals surface area contributed by atoms with Crippen molar-refractivity contribution in [3.63, 3.8) is 0 Å². The third-order valence-electron chi connectivity index (χ3n) is 6.58. The topological polar surface area (TPSA) is 49.9 Å². The van der Waals surface area contributed by atoms with Crippen LogP contribution in [0.25, 0.3) is 0 Å². The number of morpholine rings is 1. The molecule has 1 spiro atoms. The lowest BCUT2D eigenvalue weighted by atomic mass is 9.90. The van der Waals surface area contributed by atoms with Crippen molar-refractivity contribution in [3.8, 4) is 0 Å². The number of hydrogen-bond donors (Lipinski definition) is 0. The fourth-order valence-corrected chi connectivity index (χ4v) is 4.93. The molecule has 1 unspecified atom stereocenters. The van der Waals surface area contributed by atoms with Crippen molar-refractivity contribution >= 4 is 11.8 Å². The monoisotopic (exact) mass is 348 g/mol. The first kappa shape index (κ1) is 17.3. The van der Waals surface area contributed by atoms with Gasteiger partial charge in [-0.1, -0.05) is 25.7 Å². The molecule has 0 N–H and O–H groups in total. The average Bonchev–Trinajstić information content (AvgIpc) is 3.49. The Bertz CT molecular complexity index is 509. The Hall–Kier alpha value is -1.10. The van der Waals surface area contributed by atoms with Gasteiger partial charge in [0.05, 0.1) is 18.1 Å². The van der Waals surface area contributed by atoms with E-state index in [1.165, 1.54) is 25.7 Å². The number of carbonyl (C=O) groups is 2. The summed E-state index contributed by atoms with van der Waals surface area (Å²) < 4.78 is 6.19. The molecular formula is C20H32N2O3. The highest BCUT2D eigenvalue weighted by molar-refractivity contribution is 5.83. The maximum Gasteiger partial charge on any atom is 0.227 e. The van der Waals surface area contributed by atoms with Crippen molar-refractivity contribution in [3.05, 3.63) is 0 Å². The summed E-state index contributed by atoms with van der Waals surface area (Å²) in [5.74, 6) is 0.809. The highest BCUT2D eigenvalue weighted by Gasteiger charge is 2.42. The lowest BCUT2D eigenvalue weighted by molar-refractivity contribution is -0.159. The van der Waals surface area contributed by atoms with E-state index in [1.54, 1.807) is 0 Å². The second kappa shape index (κ2) is 7.26. The molecule has 5 nitrogen and oxygen atoms in total. The van der Waals surface area contributed by atoms with Gasteiger partial charge in [0, 0.05) is 32.1 Å². The predicted molar refractivity (Wildman–Crippen MR) is 95.0 cm³/mol. The van der Waals surface area contributed by atoms with Crippen molar-refractivity contribution in [2.45, 2.75) is 69.8 Å². The normalized spacial score (nSPS) is 30.2. The minimum absolute atomic E-state index is 0.00243. The van der Waals surface area contributed by atoms with E-state index in [-0.39, 0.29) is 23.3 Å². The quantitative estimate of drug-likeness (QED) is 0.771. The van der Waals surface area contributed by atoms with Gasteiger partial charge in [-0.2, -0.15) is 0 Å². The van der Waals surface area contributed by atoms with Crippen molar-refractivity contribution < 1.29 is 14.3 Å². The summed E-state index contributed by atoms with van der Waals surface area (Å²) in [6.07, 6.45) is 11.2.